The van der Waals surface area contributed by atoms with E-state index in [1.807, 2.05) is 12.1 Å². The van der Waals surface area contributed by atoms with Crippen molar-refractivity contribution >= 4 is 21.7 Å². The van der Waals surface area contributed by atoms with Crippen LogP contribution in [0, 0.1) is 5.92 Å². The third-order valence-electron chi connectivity index (χ3n) is 6.56. The molecule has 1 saturated heterocycles. The monoisotopic (exact) mass is 435 g/mol. The molecule has 2 N–H and O–H groups in total. The molecule has 2 aliphatic rings. The Morgan fingerprint density at radius 2 is 1.53 bits per heavy atom. The van der Waals surface area contributed by atoms with Gasteiger partial charge in [0.2, 0.25) is 10.0 Å². The van der Waals surface area contributed by atoms with E-state index in [1.54, 1.807) is 25.7 Å². The SMILES string of the molecule is CC1CCC(c2ccc(NC(=O)N3CCC(NS(=O)(=O)C(C)(C)C)CC3)cc2)CC1. The fraction of sp³-hybridized carbons (Fsp3) is 0.696. The standard InChI is InChI=1S/C23H37N3O3S/c1-17-5-7-18(8-6-17)19-9-11-20(12-10-19)24-22(27)26-15-13-21(14-16-26)25-30(28,29)23(2,3)4/h9-12,17-18,21,25H,5-8,13-16H2,1-4H3,(H,24,27). The molecule has 0 spiro atoms. The summed E-state index contributed by atoms with van der Waals surface area (Å²) < 4.78 is 26.6. The van der Waals surface area contributed by atoms with Gasteiger partial charge in [-0.2, -0.15) is 0 Å². The second kappa shape index (κ2) is 9.27. The molecule has 7 heteroatoms. The van der Waals surface area contributed by atoms with Crippen LogP contribution in [0.4, 0.5) is 10.5 Å². The van der Waals surface area contributed by atoms with Crippen molar-refractivity contribution in [3.63, 3.8) is 0 Å². The lowest BCUT2D eigenvalue weighted by Gasteiger charge is -2.33. The number of hydrogen-bond donors (Lipinski definition) is 2. The zero-order chi connectivity index (χ0) is 21.9. The number of hydrogen-bond acceptors (Lipinski definition) is 3. The summed E-state index contributed by atoms with van der Waals surface area (Å²) in [4.78, 5) is 14.4. The van der Waals surface area contributed by atoms with Crippen LogP contribution in [0.3, 0.4) is 0 Å². The summed E-state index contributed by atoms with van der Waals surface area (Å²) in [5.74, 6) is 1.48. The van der Waals surface area contributed by atoms with Crippen molar-refractivity contribution in [2.75, 3.05) is 18.4 Å². The molecule has 1 aliphatic carbocycles. The first-order valence-corrected chi connectivity index (χ1v) is 12.7. The van der Waals surface area contributed by atoms with Crippen LogP contribution in [0.5, 0.6) is 0 Å². The molecule has 6 nitrogen and oxygen atoms in total. The number of likely N-dealkylation sites (tertiary alicyclic amines) is 1. The number of urea groups is 1. The van der Waals surface area contributed by atoms with Crippen molar-refractivity contribution in [2.45, 2.75) is 82.9 Å². The summed E-state index contributed by atoms with van der Waals surface area (Å²) in [5, 5.41) is 2.98. The summed E-state index contributed by atoms with van der Waals surface area (Å²) in [6, 6.07) is 8.04. The van der Waals surface area contributed by atoms with Crippen molar-refractivity contribution in [3.8, 4) is 0 Å². The van der Waals surface area contributed by atoms with Crippen LogP contribution in [0.25, 0.3) is 0 Å². The van der Waals surface area contributed by atoms with Gasteiger partial charge in [0.05, 0.1) is 4.75 Å². The van der Waals surface area contributed by atoms with E-state index in [-0.39, 0.29) is 12.1 Å². The minimum Gasteiger partial charge on any atom is -0.324 e. The van der Waals surface area contributed by atoms with E-state index >= 15 is 0 Å². The molecule has 0 aromatic heterocycles. The largest absolute Gasteiger partial charge is 0.324 e. The first-order valence-electron chi connectivity index (χ1n) is 11.2. The summed E-state index contributed by atoms with van der Waals surface area (Å²) in [6.45, 7) is 8.49. The summed E-state index contributed by atoms with van der Waals surface area (Å²) in [7, 11) is -3.37. The first-order chi connectivity index (χ1) is 14.0. The Bertz CT molecular complexity index is 814. The zero-order valence-corrected chi connectivity index (χ0v) is 19.6. The molecule has 30 heavy (non-hydrogen) atoms. The number of carbonyl (C=O) groups excluding carboxylic acids is 1. The fourth-order valence-electron chi connectivity index (χ4n) is 4.23. The average Bonchev–Trinajstić information content (AvgIpc) is 2.68. The third kappa shape index (κ3) is 5.76. The van der Waals surface area contributed by atoms with Crippen molar-refractivity contribution < 1.29 is 13.2 Å². The maximum absolute atomic E-state index is 12.6. The average molecular weight is 436 g/mol. The van der Waals surface area contributed by atoms with Crippen LogP contribution in [-0.2, 0) is 10.0 Å². The highest BCUT2D eigenvalue weighted by Crippen LogP contribution is 2.35. The van der Waals surface area contributed by atoms with Crippen LogP contribution in [0.1, 0.15) is 77.7 Å². The van der Waals surface area contributed by atoms with Crippen molar-refractivity contribution in [2.24, 2.45) is 5.92 Å². The first kappa shape index (κ1) is 23.1. The van der Waals surface area contributed by atoms with Gasteiger partial charge in [0.15, 0.2) is 0 Å². The van der Waals surface area contributed by atoms with Gasteiger partial charge in [0.25, 0.3) is 0 Å². The van der Waals surface area contributed by atoms with Gasteiger partial charge in [0.1, 0.15) is 0 Å². The molecule has 0 atom stereocenters. The number of rotatable bonds is 4. The summed E-state index contributed by atoms with van der Waals surface area (Å²) in [6.07, 6.45) is 6.35. The molecule has 168 valence electrons. The number of nitrogens with zero attached hydrogens (tertiary/aromatic N) is 1. The van der Waals surface area contributed by atoms with Gasteiger partial charge in [-0.3, -0.25) is 0 Å². The zero-order valence-electron chi connectivity index (χ0n) is 18.8. The van der Waals surface area contributed by atoms with E-state index in [4.69, 9.17) is 0 Å². The lowest BCUT2D eigenvalue weighted by Crippen LogP contribution is -2.50. The van der Waals surface area contributed by atoms with Crippen LogP contribution in [0.15, 0.2) is 24.3 Å². The molecule has 2 amide bonds. The molecular weight excluding hydrogens is 398 g/mol. The molecule has 1 aromatic carbocycles. The molecule has 0 bridgehead atoms. The number of nitrogens with one attached hydrogen (secondary N) is 2. The van der Waals surface area contributed by atoms with Gasteiger partial charge in [-0.25, -0.2) is 17.9 Å². The van der Waals surface area contributed by atoms with Gasteiger partial charge >= 0.3 is 6.03 Å². The second-order valence-electron chi connectivity index (χ2n) is 10.0. The minimum atomic E-state index is -3.37. The number of carbonyl (C=O) groups is 1. The normalized spacial score (nSPS) is 23.9. The molecule has 1 heterocycles. The highest BCUT2D eigenvalue weighted by Gasteiger charge is 2.33. The smallest absolute Gasteiger partial charge is 0.321 e. The Balaban J connectivity index is 1.48. The lowest BCUT2D eigenvalue weighted by atomic mass is 9.79. The molecule has 1 aromatic rings. The van der Waals surface area contributed by atoms with E-state index in [0.717, 1.165) is 11.6 Å². The molecule has 0 radical (unpaired) electrons. The van der Waals surface area contributed by atoms with Crippen molar-refractivity contribution in [3.05, 3.63) is 29.8 Å². The van der Waals surface area contributed by atoms with E-state index in [9.17, 15) is 13.2 Å². The highest BCUT2D eigenvalue weighted by atomic mass is 32.2. The second-order valence-corrected chi connectivity index (χ2v) is 12.5. The maximum Gasteiger partial charge on any atom is 0.321 e. The number of benzene rings is 1. The van der Waals surface area contributed by atoms with Crippen LogP contribution in [0.2, 0.25) is 0 Å². The van der Waals surface area contributed by atoms with E-state index in [2.05, 4.69) is 29.1 Å². The molecule has 2 fully saturated rings. The Kier molecular flexibility index (Phi) is 7.13. The topological polar surface area (TPSA) is 78.5 Å². The van der Waals surface area contributed by atoms with Crippen LogP contribution in [-0.4, -0.2) is 43.2 Å². The van der Waals surface area contributed by atoms with Gasteiger partial charge < -0.3 is 10.2 Å². The third-order valence-corrected chi connectivity index (χ3v) is 8.82. The van der Waals surface area contributed by atoms with Crippen LogP contribution >= 0.6 is 0 Å². The van der Waals surface area contributed by atoms with Crippen LogP contribution < -0.4 is 10.0 Å². The molecule has 3 rings (SSSR count). The minimum absolute atomic E-state index is 0.115. The van der Waals surface area contributed by atoms with Gasteiger partial charge in [0, 0.05) is 24.8 Å². The Morgan fingerprint density at radius 3 is 2.07 bits per heavy atom. The van der Waals surface area contributed by atoms with Crippen molar-refractivity contribution in [1.29, 1.82) is 0 Å². The quantitative estimate of drug-likeness (QED) is 0.720. The fourth-order valence-corrected chi connectivity index (χ4v) is 5.26. The predicted octanol–water partition coefficient (Wildman–Crippen LogP) is 4.69. The molecular formula is C23H37N3O3S. The summed E-state index contributed by atoms with van der Waals surface area (Å²) >= 11 is 0. The molecule has 0 unspecified atom stereocenters. The van der Waals surface area contributed by atoms with Gasteiger partial charge in [-0.15, -0.1) is 0 Å². The molecule has 1 saturated carbocycles. The predicted molar refractivity (Wildman–Crippen MR) is 122 cm³/mol. The van der Waals surface area contributed by atoms with Gasteiger partial charge in [-0.05, 0) is 76.0 Å². The Hall–Kier alpha value is -1.60. The highest BCUT2D eigenvalue weighted by molar-refractivity contribution is 7.90. The summed E-state index contributed by atoms with van der Waals surface area (Å²) in [5.41, 5.74) is 2.18. The van der Waals surface area contributed by atoms with E-state index in [0.29, 0.717) is 31.8 Å². The number of anilines is 1. The molecule has 1 aliphatic heterocycles. The van der Waals surface area contributed by atoms with Crippen molar-refractivity contribution in [1.82, 2.24) is 9.62 Å². The van der Waals surface area contributed by atoms with Gasteiger partial charge in [-0.1, -0.05) is 31.9 Å². The maximum atomic E-state index is 12.6. The van der Waals surface area contributed by atoms with E-state index in [1.165, 1.54) is 31.2 Å². The number of amides is 2. The number of sulfonamides is 1. The van der Waals surface area contributed by atoms with E-state index < -0.39 is 14.8 Å². The lowest BCUT2D eigenvalue weighted by molar-refractivity contribution is 0.193. The Morgan fingerprint density at radius 1 is 0.967 bits per heavy atom. The Labute approximate surface area is 181 Å². The number of piperidine rings is 1.